The minimum absolute atomic E-state index is 0.402. The Labute approximate surface area is 157 Å². The fraction of sp³-hybridized carbons (Fsp3) is 0.100. The van der Waals surface area contributed by atoms with Crippen molar-refractivity contribution in [3.05, 3.63) is 66.2 Å². The second-order valence-corrected chi connectivity index (χ2v) is 5.87. The van der Waals surface area contributed by atoms with Crippen LogP contribution in [0.15, 0.2) is 65.8 Å². The predicted octanol–water partition coefficient (Wildman–Crippen LogP) is 4.18. The van der Waals surface area contributed by atoms with E-state index in [4.69, 9.17) is 21.7 Å². The van der Waals surface area contributed by atoms with Crippen LogP contribution < -0.4 is 20.2 Å². The normalized spacial score (nSPS) is 10.7. The highest BCUT2D eigenvalue weighted by molar-refractivity contribution is 7.80. The highest BCUT2D eigenvalue weighted by atomic mass is 32.1. The lowest BCUT2D eigenvalue weighted by Crippen LogP contribution is -2.24. The maximum absolute atomic E-state index is 5.33. The van der Waals surface area contributed by atoms with E-state index in [1.807, 2.05) is 48.5 Å². The molecule has 6 heteroatoms. The molecular formula is C20H19N3O2S. The van der Waals surface area contributed by atoms with Crippen LogP contribution in [0.4, 0.5) is 5.69 Å². The highest BCUT2D eigenvalue weighted by Crippen LogP contribution is 2.23. The number of ether oxygens (including phenoxy) is 2. The van der Waals surface area contributed by atoms with Gasteiger partial charge in [-0.3, -0.25) is 5.43 Å². The Morgan fingerprint density at radius 3 is 2.62 bits per heavy atom. The molecule has 0 radical (unpaired) electrons. The molecule has 0 fully saturated rings. The molecule has 0 saturated heterocycles. The van der Waals surface area contributed by atoms with Crippen molar-refractivity contribution >= 4 is 40.0 Å². The average Bonchev–Trinajstić information content (AvgIpc) is 2.68. The molecule has 0 spiro atoms. The van der Waals surface area contributed by atoms with Gasteiger partial charge in [-0.15, -0.1) is 0 Å². The molecule has 3 aromatic carbocycles. The van der Waals surface area contributed by atoms with Crippen LogP contribution in [0.5, 0.6) is 11.5 Å². The molecule has 0 bridgehead atoms. The van der Waals surface area contributed by atoms with Crippen LogP contribution in [0.25, 0.3) is 10.8 Å². The summed E-state index contributed by atoms with van der Waals surface area (Å²) in [6.45, 7) is 0. The van der Waals surface area contributed by atoms with E-state index >= 15 is 0 Å². The van der Waals surface area contributed by atoms with Crippen molar-refractivity contribution in [1.82, 2.24) is 5.43 Å². The molecule has 5 nitrogen and oxygen atoms in total. The Kier molecular flexibility index (Phi) is 5.66. The van der Waals surface area contributed by atoms with Gasteiger partial charge >= 0.3 is 0 Å². The summed E-state index contributed by atoms with van der Waals surface area (Å²) in [6.07, 6.45) is 1.64. The molecular weight excluding hydrogens is 346 g/mol. The van der Waals surface area contributed by atoms with Crippen molar-refractivity contribution in [3.63, 3.8) is 0 Å². The number of nitrogens with one attached hydrogen (secondary N) is 2. The summed E-state index contributed by atoms with van der Waals surface area (Å²) in [6, 6.07) is 19.6. The molecule has 0 aliphatic rings. The molecule has 0 saturated carbocycles. The molecule has 0 unspecified atom stereocenters. The van der Waals surface area contributed by atoms with Gasteiger partial charge in [0.15, 0.2) is 5.11 Å². The number of hydrazone groups is 1. The van der Waals surface area contributed by atoms with Gasteiger partial charge in [0.25, 0.3) is 0 Å². The zero-order valence-corrected chi connectivity index (χ0v) is 15.3. The number of thiocarbonyl (C=S) groups is 1. The molecule has 0 atom stereocenters. The first kappa shape index (κ1) is 17.7. The summed E-state index contributed by atoms with van der Waals surface area (Å²) < 4.78 is 10.5. The first-order valence-corrected chi connectivity index (χ1v) is 8.42. The van der Waals surface area contributed by atoms with Crippen LogP contribution in [0.2, 0.25) is 0 Å². The van der Waals surface area contributed by atoms with Gasteiger partial charge in [0, 0.05) is 16.6 Å². The number of hydrogen-bond donors (Lipinski definition) is 2. The first-order valence-electron chi connectivity index (χ1n) is 8.01. The number of rotatable bonds is 5. The van der Waals surface area contributed by atoms with Gasteiger partial charge in [0.05, 0.1) is 20.4 Å². The molecule has 132 valence electrons. The van der Waals surface area contributed by atoms with Crippen LogP contribution in [-0.2, 0) is 0 Å². The van der Waals surface area contributed by atoms with Crippen molar-refractivity contribution in [2.45, 2.75) is 0 Å². The molecule has 0 aliphatic carbocycles. The second-order valence-electron chi connectivity index (χ2n) is 5.46. The maximum atomic E-state index is 5.33. The fourth-order valence-electron chi connectivity index (χ4n) is 2.59. The zero-order valence-electron chi connectivity index (χ0n) is 14.5. The lowest BCUT2D eigenvalue weighted by Gasteiger charge is -2.10. The molecule has 0 aliphatic heterocycles. The van der Waals surface area contributed by atoms with Crippen LogP contribution >= 0.6 is 12.2 Å². The van der Waals surface area contributed by atoms with Crippen LogP contribution in [0, 0.1) is 0 Å². The largest absolute Gasteiger partial charge is 0.497 e. The van der Waals surface area contributed by atoms with Gasteiger partial charge in [0.1, 0.15) is 11.5 Å². The molecule has 0 heterocycles. The Morgan fingerprint density at radius 1 is 1.00 bits per heavy atom. The molecule has 0 amide bonds. The van der Waals surface area contributed by atoms with E-state index in [0.717, 1.165) is 27.8 Å². The van der Waals surface area contributed by atoms with Gasteiger partial charge < -0.3 is 14.8 Å². The molecule has 26 heavy (non-hydrogen) atoms. The lowest BCUT2D eigenvalue weighted by atomic mass is 10.1. The van der Waals surface area contributed by atoms with Gasteiger partial charge in [-0.2, -0.15) is 5.10 Å². The molecule has 3 rings (SSSR count). The van der Waals surface area contributed by atoms with Crippen molar-refractivity contribution in [2.75, 3.05) is 19.5 Å². The van der Waals surface area contributed by atoms with Crippen molar-refractivity contribution in [1.29, 1.82) is 0 Å². The summed E-state index contributed by atoms with van der Waals surface area (Å²) in [5.41, 5.74) is 4.54. The summed E-state index contributed by atoms with van der Waals surface area (Å²) in [5.74, 6) is 1.42. The summed E-state index contributed by atoms with van der Waals surface area (Å²) in [5, 5.41) is 10.0. The SMILES string of the molecule is COc1ccc(OC)c(/C=N/NC(=S)Nc2cccc3ccccc23)c1. The van der Waals surface area contributed by atoms with Gasteiger partial charge in [-0.25, -0.2) is 0 Å². The van der Waals surface area contributed by atoms with E-state index in [9.17, 15) is 0 Å². The summed E-state index contributed by atoms with van der Waals surface area (Å²) >= 11 is 5.33. The van der Waals surface area contributed by atoms with Crippen LogP contribution in [0.1, 0.15) is 5.56 Å². The predicted molar refractivity (Wildman–Crippen MR) is 110 cm³/mol. The second kappa shape index (κ2) is 8.31. The minimum atomic E-state index is 0.402. The summed E-state index contributed by atoms with van der Waals surface area (Å²) in [4.78, 5) is 0. The van der Waals surface area contributed by atoms with E-state index in [0.29, 0.717) is 10.9 Å². The van der Waals surface area contributed by atoms with Crippen LogP contribution in [-0.4, -0.2) is 25.5 Å². The number of fused-ring (bicyclic) bond motifs is 1. The summed E-state index contributed by atoms with van der Waals surface area (Å²) in [7, 11) is 3.23. The van der Waals surface area contributed by atoms with Gasteiger partial charge in [-0.05, 0) is 41.9 Å². The van der Waals surface area contributed by atoms with E-state index in [2.05, 4.69) is 28.0 Å². The third-order valence-electron chi connectivity index (χ3n) is 3.84. The van der Waals surface area contributed by atoms with E-state index in [-0.39, 0.29) is 0 Å². The fourth-order valence-corrected chi connectivity index (χ4v) is 2.75. The average molecular weight is 365 g/mol. The lowest BCUT2D eigenvalue weighted by molar-refractivity contribution is 0.402. The van der Waals surface area contributed by atoms with Gasteiger partial charge in [0.2, 0.25) is 0 Å². The van der Waals surface area contributed by atoms with E-state index in [1.54, 1.807) is 20.4 Å². The Balaban J connectivity index is 1.70. The Morgan fingerprint density at radius 2 is 1.81 bits per heavy atom. The monoisotopic (exact) mass is 365 g/mol. The number of benzene rings is 3. The zero-order chi connectivity index (χ0) is 18.4. The first-order chi connectivity index (χ1) is 12.7. The minimum Gasteiger partial charge on any atom is -0.497 e. The Bertz CT molecular complexity index is 951. The highest BCUT2D eigenvalue weighted by Gasteiger charge is 2.04. The van der Waals surface area contributed by atoms with Crippen molar-refractivity contribution < 1.29 is 9.47 Å². The number of nitrogens with zero attached hydrogens (tertiary/aromatic N) is 1. The smallest absolute Gasteiger partial charge is 0.191 e. The third kappa shape index (κ3) is 4.10. The van der Waals surface area contributed by atoms with E-state index in [1.165, 1.54) is 0 Å². The third-order valence-corrected chi connectivity index (χ3v) is 4.04. The number of hydrogen-bond acceptors (Lipinski definition) is 4. The van der Waals surface area contributed by atoms with Crippen molar-refractivity contribution in [3.8, 4) is 11.5 Å². The van der Waals surface area contributed by atoms with E-state index < -0.39 is 0 Å². The topological polar surface area (TPSA) is 54.9 Å². The quantitative estimate of drug-likeness (QED) is 0.404. The molecule has 0 aromatic heterocycles. The van der Waals surface area contributed by atoms with Crippen molar-refractivity contribution in [2.24, 2.45) is 5.10 Å². The Hall–Kier alpha value is -3.12. The molecule has 2 N–H and O–H groups in total. The maximum Gasteiger partial charge on any atom is 0.191 e. The van der Waals surface area contributed by atoms with Gasteiger partial charge in [-0.1, -0.05) is 36.4 Å². The van der Waals surface area contributed by atoms with Crippen LogP contribution in [0.3, 0.4) is 0 Å². The molecule has 3 aromatic rings. The number of anilines is 1. The number of methoxy groups -OCH3 is 2. The standard InChI is InChI=1S/C20H19N3O2S/c1-24-16-10-11-19(25-2)15(12-16)13-21-23-20(26)22-18-9-5-7-14-6-3-4-8-17(14)18/h3-13H,1-2H3,(H2,22,23,26)/b21-13+.